The van der Waals surface area contributed by atoms with Gasteiger partial charge in [0.25, 0.3) is 5.91 Å². The monoisotopic (exact) mass is 321 g/mol. The number of nitrogens with zero attached hydrogens (tertiary/aromatic N) is 3. The van der Waals surface area contributed by atoms with E-state index in [1.807, 2.05) is 18.0 Å². The normalized spacial score (nSPS) is 15.9. The van der Waals surface area contributed by atoms with Crippen molar-refractivity contribution in [2.45, 2.75) is 39.5 Å². The van der Waals surface area contributed by atoms with Crippen LogP contribution >= 0.6 is 0 Å². The van der Waals surface area contributed by atoms with E-state index in [0.29, 0.717) is 32.5 Å². The van der Waals surface area contributed by atoms with Crippen molar-refractivity contribution in [3.8, 4) is 6.07 Å². The molecule has 1 aliphatic rings. The van der Waals surface area contributed by atoms with Gasteiger partial charge < -0.3 is 14.5 Å². The minimum Gasteiger partial charge on any atom is -0.466 e. The lowest BCUT2D eigenvalue weighted by Crippen LogP contribution is -2.41. The van der Waals surface area contributed by atoms with Crippen LogP contribution in [-0.2, 0) is 14.3 Å². The second-order valence-electron chi connectivity index (χ2n) is 5.81. The number of amides is 1. The molecular weight excluding hydrogens is 294 g/mol. The number of hydrogen-bond donors (Lipinski definition) is 0. The van der Waals surface area contributed by atoms with E-state index in [4.69, 9.17) is 4.74 Å². The number of carbonyl (C=O) groups excluding carboxylic acids is 2. The van der Waals surface area contributed by atoms with E-state index >= 15 is 0 Å². The van der Waals surface area contributed by atoms with Crippen LogP contribution in [0, 0.1) is 17.2 Å². The summed E-state index contributed by atoms with van der Waals surface area (Å²) >= 11 is 0. The molecular formula is C17H27N3O3. The molecule has 0 aliphatic carbocycles. The second kappa shape index (κ2) is 9.88. The van der Waals surface area contributed by atoms with Crippen LogP contribution in [0.15, 0.2) is 11.8 Å². The van der Waals surface area contributed by atoms with Gasteiger partial charge in [0.05, 0.1) is 12.5 Å². The quantitative estimate of drug-likeness (QED) is 0.407. The van der Waals surface area contributed by atoms with Gasteiger partial charge in [-0.1, -0.05) is 13.3 Å². The fraction of sp³-hybridized carbons (Fsp3) is 0.706. The zero-order chi connectivity index (χ0) is 17.2. The molecule has 0 unspecified atom stereocenters. The Morgan fingerprint density at radius 2 is 2.00 bits per heavy atom. The molecule has 1 aliphatic heterocycles. The molecule has 0 N–H and O–H groups in total. The van der Waals surface area contributed by atoms with Gasteiger partial charge in [0, 0.05) is 32.9 Å². The van der Waals surface area contributed by atoms with Gasteiger partial charge in [-0.15, -0.1) is 0 Å². The summed E-state index contributed by atoms with van der Waals surface area (Å²) in [4.78, 5) is 27.7. The molecule has 6 nitrogen and oxygen atoms in total. The van der Waals surface area contributed by atoms with Gasteiger partial charge in [0.1, 0.15) is 11.6 Å². The maximum Gasteiger partial charge on any atom is 0.309 e. The molecule has 0 aromatic heterocycles. The minimum atomic E-state index is -0.252. The predicted octanol–water partition coefficient (Wildman–Crippen LogP) is 1.93. The van der Waals surface area contributed by atoms with E-state index in [0.717, 1.165) is 19.4 Å². The largest absolute Gasteiger partial charge is 0.466 e. The van der Waals surface area contributed by atoms with Gasteiger partial charge in [-0.25, -0.2) is 0 Å². The van der Waals surface area contributed by atoms with Crippen LogP contribution in [0.2, 0.25) is 0 Å². The first kappa shape index (κ1) is 19.0. The van der Waals surface area contributed by atoms with Gasteiger partial charge >= 0.3 is 5.97 Å². The summed E-state index contributed by atoms with van der Waals surface area (Å²) in [5.41, 5.74) is 0.151. The second-order valence-corrected chi connectivity index (χ2v) is 5.81. The number of nitriles is 1. The molecule has 1 rings (SSSR count). The van der Waals surface area contributed by atoms with Crippen molar-refractivity contribution in [3.63, 3.8) is 0 Å². The number of ether oxygens (including phenoxy) is 1. The van der Waals surface area contributed by atoms with Gasteiger partial charge in [-0.05, 0) is 26.2 Å². The Kier molecular flexibility index (Phi) is 8.17. The highest BCUT2D eigenvalue weighted by molar-refractivity contribution is 5.97. The molecule has 1 heterocycles. The Morgan fingerprint density at radius 3 is 2.52 bits per heavy atom. The van der Waals surface area contributed by atoms with E-state index in [1.54, 1.807) is 18.0 Å². The number of rotatable bonds is 7. The minimum absolute atomic E-state index is 0.138. The van der Waals surface area contributed by atoms with E-state index in [-0.39, 0.29) is 23.4 Å². The van der Waals surface area contributed by atoms with Crippen molar-refractivity contribution in [2.24, 2.45) is 5.92 Å². The molecule has 0 radical (unpaired) electrons. The number of hydrogen-bond acceptors (Lipinski definition) is 5. The SMILES string of the molecule is CCCCN(C)/C=C(/C#N)C(=O)N1CCC(C(=O)OCC)CC1. The van der Waals surface area contributed by atoms with Gasteiger partial charge in [0.15, 0.2) is 0 Å². The Balaban J connectivity index is 2.59. The van der Waals surface area contributed by atoms with Crippen LogP contribution in [0.25, 0.3) is 0 Å². The number of unbranched alkanes of at least 4 members (excludes halogenated alkanes) is 1. The van der Waals surface area contributed by atoms with Crippen molar-refractivity contribution in [2.75, 3.05) is 33.3 Å². The molecule has 0 saturated carbocycles. The molecule has 1 saturated heterocycles. The number of esters is 1. The molecule has 23 heavy (non-hydrogen) atoms. The average Bonchev–Trinajstić information content (AvgIpc) is 2.57. The first-order valence-corrected chi connectivity index (χ1v) is 8.31. The van der Waals surface area contributed by atoms with E-state index < -0.39 is 0 Å². The van der Waals surface area contributed by atoms with Crippen LogP contribution in [-0.4, -0.2) is 55.0 Å². The maximum atomic E-state index is 12.4. The van der Waals surface area contributed by atoms with Crippen LogP contribution < -0.4 is 0 Å². The van der Waals surface area contributed by atoms with Gasteiger partial charge in [-0.2, -0.15) is 5.26 Å². The zero-order valence-electron chi connectivity index (χ0n) is 14.4. The van der Waals surface area contributed by atoms with E-state index in [1.165, 1.54) is 0 Å². The Labute approximate surface area is 138 Å². The van der Waals surface area contributed by atoms with Gasteiger partial charge in [-0.3, -0.25) is 9.59 Å². The van der Waals surface area contributed by atoms with E-state index in [2.05, 4.69) is 6.92 Å². The summed E-state index contributed by atoms with van der Waals surface area (Å²) in [6.45, 7) is 6.06. The van der Waals surface area contributed by atoms with Crippen molar-refractivity contribution in [1.29, 1.82) is 5.26 Å². The Morgan fingerprint density at radius 1 is 1.35 bits per heavy atom. The van der Waals surface area contributed by atoms with Crippen molar-refractivity contribution in [3.05, 3.63) is 11.8 Å². The fourth-order valence-corrected chi connectivity index (χ4v) is 2.57. The lowest BCUT2D eigenvalue weighted by molar-refractivity contribution is -0.150. The molecule has 1 amide bonds. The number of likely N-dealkylation sites (tertiary alicyclic amines) is 1. The third kappa shape index (κ3) is 5.93. The summed E-state index contributed by atoms with van der Waals surface area (Å²) < 4.78 is 5.02. The molecule has 0 aromatic carbocycles. The molecule has 0 aromatic rings. The summed E-state index contributed by atoms with van der Waals surface area (Å²) in [5, 5.41) is 9.25. The maximum absolute atomic E-state index is 12.4. The summed E-state index contributed by atoms with van der Waals surface area (Å²) in [6, 6.07) is 2.00. The molecule has 1 fully saturated rings. The van der Waals surface area contributed by atoms with E-state index in [9.17, 15) is 14.9 Å². The van der Waals surface area contributed by atoms with Crippen molar-refractivity contribution >= 4 is 11.9 Å². The first-order valence-electron chi connectivity index (χ1n) is 8.31. The van der Waals surface area contributed by atoms with Crippen LogP contribution in [0.5, 0.6) is 0 Å². The molecule has 128 valence electrons. The fourth-order valence-electron chi connectivity index (χ4n) is 2.57. The summed E-state index contributed by atoms with van der Waals surface area (Å²) in [6.07, 6.45) is 4.89. The lowest BCUT2D eigenvalue weighted by Gasteiger charge is -2.30. The molecule has 0 atom stereocenters. The van der Waals surface area contributed by atoms with Crippen LogP contribution in [0.4, 0.5) is 0 Å². The lowest BCUT2D eigenvalue weighted by atomic mass is 9.96. The number of piperidine rings is 1. The third-order valence-electron chi connectivity index (χ3n) is 3.97. The highest BCUT2D eigenvalue weighted by atomic mass is 16.5. The highest BCUT2D eigenvalue weighted by Crippen LogP contribution is 2.20. The number of carbonyl (C=O) groups is 2. The molecule has 0 bridgehead atoms. The third-order valence-corrected chi connectivity index (χ3v) is 3.97. The Hall–Kier alpha value is -2.03. The van der Waals surface area contributed by atoms with Crippen LogP contribution in [0.3, 0.4) is 0 Å². The van der Waals surface area contributed by atoms with Gasteiger partial charge in [0.2, 0.25) is 0 Å². The molecule has 6 heteroatoms. The van der Waals surface area contributed by atoms with Crippen LogP contribution in [0.1, 0.15) is 39.5 Å². The zero-order valence-corrected chi connectivity index (χ0v) is 14.4. The highest BCUT2D eigenvalue weighted by Gasteiger charge is 2.29. The average molecular weight is 321 g/mol. The van der Waals surface area contributed by atoms with Crippen molar-refractivity contribution < 1.29 is 14.3 Å². The predicted molar refractivity (Wildman–Crippen MR) is 87.2 cm³/mol. The summed E-state index contributed by atoms with van der Waals surface area (Å²) in [5.74, 6) is -0.575. The smallest absolute Gasteiger partial charge is 0.309 e. The first-order chi connectivity index (χ1) is 11.0. The topological polar surface area (TPSA) is 73.6 Å². The summed E-state index contributed by atoms with van der Waals surface area (Å²) in [7, 11) is 1.87. The standard InChI is InChI=1S/C17H27N3O3/c1-4-6-9-19(3)13-15(12-18)16(21)20-10-7-14(8-11-20)17(22)23-5-2/h13-14H,4-11H2,1-3H3/b15-13-. The molecule has 0 spiro atoms. The Bertz CT molecular complexity index is 474. The van der Waals surface area contributed by atoms with Crippen molar-refractivity contribution in [1.82, 2.24) is 9.80 Å².